The van der Waals surface area contributed by atoms with Gasteiger partial charge >= 0.3 is 0 Å². The molecule has 0 aromatic carbocycles. The number of aliphatic hydroxyl groups is 3. The maximum Gasteiger partial charge on any atom is 0.245 e. The first-order valence-corrected chi connectivity index (χ1v) is 22.1. The molecule has 0 unspecified atom stereocenters. The van der Waals surface area contributed by atoms with Crippen LogP contribution in [0.4, 0.5) is 0 Å². The van der Waals surface area contributed by atoms with Gasteiger partial charge in [0.2, 0.25) is 23.6 Å². The molecule has 5 atom stereocenters. The van der Waals surface area contributed by atoms with Crippen molar-refractivity contribution >= 4 is 17.7 Å². The minimum atomic E-state index is -1.82. The molecule has 1 fully saturated rings. The number of ether oxygens (including phenoxy) is 1. The number of carbonyl (C=O) groups excluding carboxylic acids is 3. The summed E-state index contributed by atoms with van der Waals surface area (Å²) in [5.41, 5.74) is 5.44. The van der Waals surface area contributed by atoms with E-state index in [1.54, 1.807) is 0 Å². The Kier molecular flexibility index (Phi) is 29.7. The van der Waals surface area contributed by atoms with E-state index >= 15 is 0 Å². The number of nitrogens with zero attached hydrogens (tertiary/aromatic N) is 1. The van der Waals surface area contributed by atoms with E-state index in [1.165, 1.54) is 102 Å². The van der Waals surface area contributed by atoms with Crippen LogP contribution < -0.4 is 16.4 Å². The molecule has 0 aromatic rings. The molecule has 1 aliphatic heterocycles. The first-order valence-electron chi connectivity index (χ1n) is 22.1. The first kappa shape index (κ1) is 50.0. The second-order valence-corrected chi connectivity index (χ2v) is 15.6. The van der Waals surface area contributed by atoms with Crippen LogP contribution in [-0.2, 0) is 19.1 Å². The van der Waals surface area contributed by atoms with Crippen molar-refractivity contribution in [1.82, 2.24) is 15.5 Å². The molecule has 0 bridgehead atoms. The molecule has 3 amide bonds. The largest absolute Gasteiger partial charge is 0.394 e. The van der Waals surface area contributed by atoms with Crippen LogP contribution in [0.3, 0.4) is 0 Å². The molecule has 7 N–H and O–H groups in total. The van der Waals surface area contributed by atoms with Gasteiger partial charge in [0, 0.05) is 19.4 Å². The lowest BCUT2D eigenvalue weighted by atomic mass is 9.96. The number of carbonyl (C=O) groups is 3. The fourth-order valence-electron chi connectivity index (χ4n) is 7.25. The molecular weight excluding hydrogens is 684 g/mol. The van der Waals surface area contributed by atoms with Crippen LogP contribution in [-0.4, -0.2) is 87.8 Å². The molecule has 0 aromatic heterocycles. The Morgan fingerprint density at radius 1 is 0.759 bits per heavy atom. The number of amides is 3. The summed E-state index contributed by atoms with van der Waals surface area (Å²) in [4.78, 5) is 41.0. The van der Waals surface area contributed by atoms with Crippen LogP contribution in [0.5, 0.6) is 0 Å². The third-order valence-electron chi connectivity index (χ3n) is 10.7. The zero-order valence-corrected chi connectivity index (χ0v) is 34.7. The van der Waals surface area contributed by atoms with Crippen molar-refractivity contribution < 1.29 is 34.4 Å². The van der Waals surface area contributed by atoms with E-state index < -0.39 is 48.6 Å². The Hall–Kier alpha value is -2.05. The zero-order chi connectivity index (χ0) is 39.9. The van der Waals surface area contributed by atoms with E-state index in [1.807, 2.05) is 0 Å². The van der Waals surface area contributed by atoms with Crippen molar-refractivity contribution in [2.45, 2.75) is 224 Å². The van der Waals surface area contributed by atoms with E-state index in [4.69, 9.17) is 10.5 Å². The van der Waals surface area contributed by atoms with Crippen LogP contribution in [0.1, 0.15) is 194 Å². The monoisotopic (exact) mass is 767 g/mol. The first-order chi connectivity index (χ1) is 26.1. The van der Waals surface area contributed by atoms with Crippen LogP contribution in [0, 0.1) is 0 Å². The van der Waals surface area contributed by atoms with Crippen molar-refractivity contribution in [3.8, 4) is 0 Å². The highest BCUT2D eigenvalue weighted by Crippen LogP contribution is 2.32. The molecule has 1 heterocycles. The molecule has 54 heavy (non-hydrogen) atoms. The Morgan fingerprint density at radius 2 is 1.22 bits per heavy atom. The summed E-state index contributed by atoms with van der Waals surface area (Å²) in [7, 11) is 0. The van der Waals surface area contributed by atoms with Gasteiger partial charge < -0.3 is 36.4 Å². The van der Waals surface area contributed by atoms with Crippen LogP contribution in [0.25, 0.3) is 0 Å². The molecule has 0 aliphatic carbocycles. The van der Waals surface area contributed by atoms with Gasteiger partial charge in [-0.3, -0.25) is 19.3 Å². The molecule has 0 saturated carbocycles. The van der Waals surface area contributed by atoms with E-state index in [0.29, 0.717) is 12.8 Å². The molecular formula is C43H82N4O7. The molecule has 316 valence electrons. The highest BCUT2D eigenvalue weighted by Gasteiger charge is 2.52. The van der Waals surface area contributed by atoms with E-state index in [-0.39, 0.29) is 31.8 Å². The number of rotatable bonds is 34. The van der Waals surface area contributed by atoms with E-state index in [9.17, 15) is 29.7 Å². The maximum atomic E-state index is 14.1. The fraction of sp³-hybridized carbons (Fsp3) is 0.884. The second kappa shape index (κ2) is 32.1. The van der Waals surface area contributed by atoms with Gasteiger partial charge in [0.15, 0.2) is 0 Å². The Balaban J connectivity index is 2.83. The summed E-state index contributed by atoms with van der Waals surface area (Å²) in [6.45, 7) is 5.33. The van der Waals surface area contributed by atoms with Gasteiger partial charge in [0.05, 0.1) is 19.3 Å². The number of nitrogens with one attached hydrogen (secondary N) is 2. The summed E-state index contributed by atoms with van der Waals surface area (Å²) in [6, 6.07) is -1.01. The molecule has 1 rings (SSSR count). The summed E-state index contributed by atoms with van der Waals surface area (Å²) in [5.74, 6) is -3.20. The van der Waals surface area contributed by atoms with Gasteiger partial charge in [-0.05, 0) is 45.4 Å². The minimum Gasteiger partial charge on any atom is -0.394 e. The predicted molar refractivity (Wildman–Crippen MR) is 218 cm³/mol. The van der Waals surface area contributed by atoms with E-state index in [0.717, 1.165) is 57.8 Å². The van der Waals surface area contributed by atoms with Gasteiger partial charge in [-0.25, -0.2) is 0 Å². The average molecular weight is 767 g/mol. The van der Waals surface area contributed by atoms with Crippen molar-refractivity contribution in [3.63, 3.8) is 0 Å². The SMILES string of the molecule is CCCCCCCC/C=C\CCCCCCCC(=O)N(CCCCCCCCCCCCCC)[C@@]1(NC(=O)[C@H](C)NC(=O)CN)C[C@@H](O)[C@H](O)[C@@H](CO)O1. The Labute approximate surface area is 329 Å². The highest BCUT2D eigenvalue weighted by atomic mass is 16.6. The molecule has 1 saturated heterocycles. The summed E-state index contributed by atoms with van der Waals surface area (Å²) < 4.78 is 6.20. The standard InChI is InChI=1S/C43H82N4O7/c1-4-6-8-10-12-14-16-18-19-20-21-23-25-27-29-31-40(51)47(32-30-28-26-24-22-17-15-13-11-9-7-5-2)43(33-37(49)41(52)38(35-48)54-43)46-42(53)36(3)45-39(50)34-44/h18-19,36-38,41,48-49,52H,4-17,20-35,44H2,1-3H3,(H,45,50)(H,46,53)/b19-18-/t36-,37+,38+,41-,43-/m0/s1. The van der Waals surface area contributed by atoms with Crippen LogP contribution >= 0.6 is 0 Å². The third kappa shape index (κ3) is 21.9. The number of unbranched alkanes of at least 4 members (excludes halogenated alkanes) is 22. The number of nitrogens with two attached hydrogens (primary N) is 1. The number of hydrogen-bond acceptors (Lipinski definition) is 8. The van der Waals surface area contributed by atoms with Gasteiger partial charge in [0.1, 0.15) is 18.2 Å². The second-order valence-electron chi connectivity index (χ2n) is 15.6. The summed E-state index contributed by atoms with van der Waals surface area (Å²) in [6.07, 6.45) is 29.4. The molecule has 0 radical (unpaired) electrons. The van der Waals surface area contributed by atoms with Gasteiger partial charge in [-0.2, -0.15) is 0 Å². The molecule has 1 aliphatic rings. The van der Waals surface area contributed by atoms with Crippen molar-refractivity contribution in [2.75, 3.05) is 19.7 Å². The molecule has 0 spiro atoms. The van der Waals surface area contributed by atoms with Crippen molar-refractivity contribution in [1.29, 1.82) is 0 Å². The lowest BCUT2D eigenvalue weighted by molar-refractivity contribution is -0.280. The lowest BCUT2D eigenvalue weighted by Gasteiger charge is -2.51. The van der Waals surface area contributed by atoms with E-state index in [2.05, 4.69) is 36.6 Å². The number of aliphatic hydroxyl groups excluding tert-OH is 3. The normalized spacial score (nSPS) is 20.6. The third-order valence-corrected chi connectivity index (χ3v) is 10.7. The lowest BCUT2D eigenvalue weighted by Crippen LogP contribution is -2.72. The fourth-order valence-corrected chi connectivity index (χ4v) is 7.25. The highest BCUT2D eigenvalue weighted by molar-refractivity contribution is 5.88. The summed E-state index contributed by atoms with van der Waals surface area (Å²) >= 11 is 0. The van der Waals surface area contributed by atoms with Gasteiger partial charge in [0.25, 0.3) is 0 Å². The smallest absolute Gasteiger partial charge is 0.245 e. The van der Waals surface area contributed by atoms with Crippen molar-refractivity contribution in [2.24, 2.45) is 5.73 Å². The topological polar surface area (TPSA) is 174 Å². The average Bonchev–Trinajstić information content (AvgIpc) is 3.16. The van der Waals surface area contributed by atoms with Gasteiger partial charge in [-0.15, -0.1) is 0 Å². The Bertz CT molecular complexity index is 999. The zero-order valence-electron chi connectivity index (χ0n) is 34.7. The van der Waals surface area contributed by atoms with Crippen LogP contribution in [0.2, 0.25) is 0 Å². The minimum absolute atomic E-state index is 0.227. The summed E-state index contributed by atoms with van der Waals surface area (Å²) in [5, 5.41) is 37.0. The molecule has 11 nitrogen and oxygen atoms in total. The molecule has 11 heteroatoms. The predicted octanol–water partition coefficient (Wildman–Crippen LogP) is 7.29. The van der Waals surface area contributed by atoms with Crippen molar-refractivity contribution in [3.05, 3.63) is 12.2 Å². The maximum absolute atomic E-state index is 14.1. The number of allylic oxidation sites excluding steroid dienone is 2. The van der Waals surface area contributed by atoms with Crippen LogP contribution in [0.15, 0.2) is 12.2 Å². The van der Waals surface area contributed by atoms with Gasteiger partial charge in [-0.1, -0.05) is 148 Å². The number of hydrogen-bond donors (Lipinski definition) is 6. The Morgan fingerprint density at radius 3 is 1.70 bits per heavy atom. The quantitative estimate of drug-likeness (QED) is 0.0225.